The van der Waals surface area contributed by atoms with E-state index in [4.69, 9.17) is 0 Å². The summed E-state index contributed by atoms with van der Waals surface area (Å²) in [7, 11) is 2.05. The smallest absolute Gasteiger partial charge is 0.253 e. The fourth-order valence-corrected chi connectivity index (χ4v) is 3.25. The summed E-state index contributed by atoms with van der Waals surface area (Å²) in [5.41, 5.74) is 1.91. The van der Waals surface area contributed by atoms with E-state index in [0.29, 0.717) is 36.1 Å². The van der Waals surface area contributed by atoms with E-state index in [1.165, 1.54) is 6.07 Å². The van der Waals surface area contributed by atoms with Gasteiger partial charge in [0.25, 0.3) is 5.91 Å². The van der Waals surface area contributed by atoms with Gasteiger partial charge in [-0.25, -0.2) is 4.39 Å². The molecule has 1 aliphatic rings. The lowest BCUT2D eigenvalue weighted by molar-refractivity contribution is -0.116. The standard InChI is InChI=1S/C22H26FN3O2/c1-25-13-15-26(16-14-25)22(28)18-9-11-19(12-10-18)24-21(27)8-4-6-17-5-2-3-7-20(17)23/h2-3,5,7,9-12H,4,6,8,13-16H2,1H3,(H,24,27). The van der Waals surface area contributed by atoms with Crippen molar-refractivity contribution in [3.63, 3.8) is 0 Å². The van der Waals surface area contributed by atoms with Crippen LogP contribution in [0.25, 0.3) is 0 Å². The number of likely N-dealkylation sites (N-methyl/N-ethyl adjacent to an activating group) is 1. The van der Waals surface area contributed by atoms with Crippen molar-refractivity contribution < 1.29 is 14.0 Å². The third-order valence-corrected chi connectivity index (χ3v) is 5.01. The Labute approximate surface area is 165 Å². The minimum atomic E-state index is -0.233. The molecule has 1 fully saturated rings. The molecule has 0 spiro atoms. The van der Waals surface area contributed by atoms with Crippen LogP contribution in [0.2, 0.25) is 0 Å². The van der Waals surface area contributed by atoms with Crippen LogP contribution in [-0.2, 0) is 11.2 Å². The Balaban J connectivity index is 1.46. The number of rotatable bonds is 6. The molecular weight excluding hydrogens is 357 g/mol. The van der Waals surface area contributed by atoms with Gasteiger partial charge in [0.1, 0.15) is 5.82 Å². The van der Waals surface area contributed by atoms with Crippen molar-refractivity contribution in [1.82, 2.24) is 9.80 Å². The number of halogens is 1. The molecule has 0 saturated carbocycles. The molecule has 1 aliphatic heterocycles. The van der Waals surface area contributed by atoms with Gasteiger partial charge in [-0.2, -0.15) is 0 Å². The fraction of sp³-hybridized carbons (Fsp3) is 0.364. The van der Waals surface area contributed by atoms with E-state index in [-0.39, 0.29) is 17.6 Å². The quantitative estimate of drug-likeness (QED) is 0.834. The van der Waals surface area contributed by atoms with Crippen molar-refractivity contribution in [2.24, 2.45) is 0 Å². The van der Waals surface area contributed by atoms with Gasteiger partial charge in [-0.05, 0) is 55.8 Å². The van der Waals surface area contributed by atoms with Crippen molar-refractivity contribution in [1.29, 1.82) is 0 Å². The van der Waals surface area contributed by atoms with Crippen LogP contribution >= 0.6 is 0 Å². The van der Waals surface area contributed by atoms with E-state index < -0.39 is 0 Å². The molecule has 28 heavy (non-hydrogen) atoms. The zero-order valence-electron chi connectivity index (χ0n) is 16.2. The SMILES string of the molecule is CN1CCN(C(=O)c2ccc(NC(=O)CCCc3ccccc3F)cc2)CC1. The van der Waals surface area contributed by atoms with Crippen LogP contribution in [-0.4, -0.2) is 54.8 Å². The first-order valence-corrected chi connectivity index (χ1v) is 9.64. The molecule has 1 N–H and O–H groups in total. The van der Waals surface area contributed by atoms with Crippen LogP contribution in [0, 0.1) is 5.82 Å². The van der Waals surface area contributed by atoms with Gasteiger partial charge in [-0.1, -0.05) is 18.2 Å². The molecule has 6 heteroatoms. The number of amides is 2. The predicted molar refractivity (Wildman–Crippen MR) is 108 cm³/mol. The molecule has 0 unspecified atom stereocenters. The number of anilines is 1. The average Bonchev–Trinajstić information content (AvgIpc) is 2.70. The van der Waals surface area contributed by atoms with E-state index in [1.807, 2.05) is 4.90 Å². The van der Waals surface area contributed by atoms with E-state index in [1.54, 1.807) is 42.5 Å². The van der Waals surface area contributed by atoms with E-state index in [2.05, 4.69) is 17.3 Å². The van der Waals surface area contributed by atoms with Crippen LogP contribution in [0.1, 0.15) is 28.8 Å². The molecule has 0 radical (unpaired) electrons. The Hall–Kier alpha value is -2.73. The van der Waals surface area contributed by atoms with Crippen molar-refractivity contribution in [3.05, 3.63) is 65.5 Å². The molecule has 0 aromatic heterocycles. The van der Waals surface area contributed by atoms with E-state index >= 15 is 0 Å². The van der Waals surface area contributed by atoms with Gasteiger partial charge in [0.05, 0.1) is 0 Å². The van der Waals surface area contributed by atoms with Gasteiger partial charge in [-0.15, -0.1) is 0 Å². The van der Waals surface area contributed by atoms with Gasteiger partial charge >= 0.3 is 0 Å². The molecule has 0 aliphatic carbocycles. The van der Waals surface area contributed by atoms with Crippen molar-refractivity contribution in [2.45, 2.75) is 19.3 Å². The van der Waals surface area contributed by atoms with Gasteiger partial charge < -0.3 is 15.1 Å². The zero-order valence-corrected chi connectivity index (χ0v) is 16.2. The van der Waals surface area contributed by atoms with Crippen molar-refractivity contribution in [2.75, 3.05) is 38.5 Å². The normalized spacial score (nSPS) is 14.7. The molecule has 1 saturated heterocycles. The summed E-state index contributed by atoms with van der Waals surface area (Å²) in [5.74, 6) is -0.325. The molecule has 0 atom stereocenters. The molecule has 148 valence electrons. The van der Waals surface area contributed by atoms with Gasteiger partial charge in [0, 0.05) is 43.9 Å². The molecule has 2 aromatic rings. The van der Waals surface area contributed by atoms with Gasteiger partial charge in [-0.3, -0.25) is 9.59 Å². The van der Waals surface area contributed by atoms with Crippen LogP contribution in [0.15, 0.2) is 48.5 Å². The first-order valence-electron chi connectivity index (χ1n) is 9.64. The maximum atomic E-state index is 13.6. The Morgan fingerprint density at radius 3 is 2.36 bits per heavy atom. The van der Waals surface area contributed by atoms with E-state index in [0.717, 1.165) is 26.2 Å². The third-order valence-electron chi connectivity index (χ3n) is 5.01. The molecule has 1 heterocycles. The monoisotopic (exact) mass is 383 g/mol. The van der Waals surface area contributed by atoms with Crippen LogP contribution in [0.5, 0.6) is 0 Å². The topological polar surface area (TPSA) is 52.6 Å². The minimum absolute atomic E-state index is 0.0239. The Bertz CT molecular complexity index is 815. The summed E-state index contributed by atoms with van der Waals surface area (Å²) in [4.78, 5) is 28.7. The lowest BCUT2D eigenvalue weighted by Gasteiger charge is -2.32. The summed E-state index contributed by atoms with van der Waals surface area (Å²) >= 11 is 0. The number of hydrogen-bond acceptors (Lipinski definition) is 3. The molecule has 2 aromatic carbocycles. The van der Waals surface area contributed by atoms with Gasteiger partial charge in [0.15, 0.2) is 0 Å². The summed E-state index contributed by atoms with van der Waals surface area (Å²) in [6.45, 7) is 3.23. The van der Waals surface area contributed by atoms with Crippen LogP contribution in [0.3, 0.4) is 0 Å². The Morgan fingerprint density at radius 1 is 1.00 bits per heavy atom. The number of nitrogens with zero attached hydrogens (tertiary/aromatic N) is 2. The highest BCUT2D eigenvalue weighted by atomic mass is 19.1. The highest BCUT2D eigenvalue weighted by molar-refractivity contribution is 5.95. The highest BCUT2D eigenvalue weighted by Gasteiger charge is 2.20. The zero-order chi connectivity index (χ0) is 19.9. The first-order chi connectivity index (χ1) is 13.5. The number of carbonyl (C=O) groups is 2. The predicted octanol–water partition coefficient (Wildman–Crippen LogP) is 3.17. The maximum absolute atomic E-state index is 13.6. The third kappa shape index (κ3) is 5.39. The molecule has 3 rings (SSSR count). The van der Waals surface area contributed by atoms with Gasteiger partial charge in [0.2, 0.25) is 5.91 Å². The summed E-state index contributed by atoms with van der Waals surface area (Å²) in [6.07, 6.45) is 1.42. The van der Waals surface area contributed by atoms with Crippen LogP contribution < -0.4 is 5.32 Å². The molecule has 0 bridgehead atoms. The number of hydrogen-bond donors (Lipinski definition) is 1. The number of piperazine rings is 1. The minimum Gasteiger partial charge on any atom is -0.336 e. The fourth-order valence-electron chi connectivity index (χ4n) is 3.25. The molecule has 5 nitrogen and oxygen atoms in total. The first kappa shape index (κ1) is 20.0. The Kier molecular flexibility index (Phi) is 6.76. The molecule has 2 amide bonds. The second kappa shape index (κ2) is 9.46. The number of nitrogens with one attached hydrogen (secondary N) is 1. The van der Waals surface area contributed by atoms with Crippen molar-refractivity contribution in [3.8, 4) is 0 Å². The Morgan fingerprint density at radius 2 is 1.68 bits per heavy atom. The van der Waals surface area contributed by atoms with E-state index in [9.17, 15) is 14.0 Å². The lowest BCUT2D eigenvalue weighted by Crippen LogP contribution is -2.47. The highest BCUT2D eigenvalue weighted by Crippen LogP contribution is 2.14. The van der Waals surface area contributed by atoms with Crippen molar-refractivity contribution >= 4 is 17.5 Å². The average molecular weight is 383 g/mol. The summed E-state index contributed by atoms with van der Waals surface area (Å²) in [5, 5.41) is 2.83. The van der Waals surface area contributed by atoms with Crippen LogP contribution in [0.4, 0.5) is 10.1 Å². The summed E-state index contributed by atoms with van der Waals surface area (Å²) in [6, 6.07) is 13.6. The second-order valence-electron chi connectivity index (χ2n) is 7.17. The molecular formula is C22H26FN3O2. The lowest BCUT2D eigenvalue weighted by atomic mass is 10.1. The number of benzene rings is 2. The maximum Gasteiger partial charge on any atom is 0.253 e. The summed E-state index contributed by atoms with van der Waals surface area (Å²) < 4.78 is 13.6. The second-order valence-corrected chi connectivity index (χ2v) is 7.17. The largest absolute Gasteiger partial charge is 0.336 e. The number of aryl methyl sites for hydroxylation is 1. The number of carbonyl (C=O) groups excluding carboxylic acids is 2.